The summed E-state index contributed by atoms with van der Waals surface area (Å²) in [6, 6.07) is 60.3. The van der Waals surface area contributed by atoms with Crippen LogP contribution in [0.25, 0.3) is 11.1 Å². The number of halogens is 2. The van der Waals surface area contributed by atoms with Crippen LogP contribution in [-0.2, 0) is 19.5 Å². The standard InChI is InChI=1S/C38H28O4P2.C10H14.3CH4.2ClH.Ru/c1-5-13-27(14-6-1)43(28-15-7-2-8-16-28)33-23-21-31-37(41-25-39-31)35(33)36-34(24-22-32-38(36)42-26-40-32)44(29-17-9-3-10-18-29)30-19-11-4-12-20-30;1-8(2)10-6-4-9(3)5-7-10;;;;;;/h1-24H,25-26H2;4-8H,1-3H3;3*1H4;2*1H;/q;;;;;;;+2/p-2. The van der Waals surface area contributed by atoms with Crippen molar-refractivity contribution in [1.29, 1.82) is 0 Å². The molecule has 0 amide bonds. The molecular weight excluding hydrogens is 910 g/mol. The first-order valence-electron chi connectivity index (χ1n) is 18.3. The molecule has 0 spiro atoms. The van der Waals surface area contributed by atoms with Crippen molar-refractivity contribution in [3.05, 3.63) is 181 Å². The number of rotatable bonds is 8. The number of fused-ring (bicyclic) bond motifs is 2. The van der Waals surface area contributed by atoms with E-state index < -0.39 is 15.8 Å². The van der Waals surface area contributed by atoms with Crippen LogP contribution < -0.4 is 75.6 Å². The maximum Gasteiger partial charge on any atom is 2.00 e. The first-order chi connectivity index (χ1) is 26.6. The van der Waals surface area contributed by atoms with Crippen molar-refractivity contribution >= 4 is 47.7 Å². The van der Waals surface area contributed by atoms with Crippen molar-refractivity contribution in [2.24, 2.45) is 0 Å². The Bertz CT molecular complexity index is 2110. The van der Waals surface area contributed by atoms with Gasteiger partial charge in [0.05, 0.1) is 0 Å². The molecule has 7 aromatic rings. The molecule has 0 aromatic heterocycles. The molecule has 9 heteroatoms. The SMILES string of the molecule is C.C.C.Cc1ccc(C(C)C)cc1.[Cl-].[Cl-].[Ru+2].c1ccc(P(c2ccccc2)c2ccc3c(c2-c2c(P(c4ccccc4)c4ccccc4)ccc4c2OCO4)OCO3)cc1. The fourth-order valence-electron chi connectivity index (χ4n) is 6.89. The van der Waals surface area contributed by atoms with Crippen LogP contribution in [0.2, 0.25) is 0 Å². The fraction of sp³-hybridized carbons (Fsp3) is 0.176. The molecule has 0 aliphatic carbocycles. The van der Waals surface area contributed by atoms with Gasteiger partial charge in [-0.1, -0.05) is 187 Å². The number of hydrogen-bond acceptors (Lipinski definition) is 4. The largest absolute Gasteiger partial charge is 2.00 e. The van der Waals surface area contributed by atoms with Gasteiger partial charge in [-0.15, -0.1) is 0 Å². The Hall–Kier alpha value is -4.20. The van der Waals surface area contributed by atoms with Gasteiger partial charge < -0.3 is 43.8 Å². The number of benzene rings is 7. The zero-order valence-corrected chi connectivity index (χ0v) is 36.8. The summed E-state index contributed by atoms with van der Waals surface area (Å²) in [6.07, 6.45) is 0. The van der Waals surface area contributed by atoms with Crippen LogP contribution >= 0.6 is 15.8 Å². The van der Waals surface area contributed by atoms with Gasteiger partial charge in [-0.3, -0.25) is 0 Å². The predicted octanol–water partition coefficient (Wildman–Crippen LogP) is 5.36. The van der Waals surface area contributed by atoms with Gasteiger partial charge in [0.1, 0.15) is 0 Å². The Morgan fingerprint density at radius 2 is 0.733 bits per heavy atom. The van der Waals surface area contributed by atoms with Crippen molar-refractivity contribution in [2.75, 3.05) is 13.6 Å². The van der Waals surface area contributed by atoms with Crippen LogP contribution in [0.3, 0.4) is 0 Å². The van der Waals surface area contributed by atoms with E-state index >= 15 is 0 Å². The predicted molar refractivity (Wildman–Crippen MR) is 247 cm³/mol. The summed E-state index contributed by atoms with van der Waals surface area (Å²) >= 11 is 0. The molecule has 0 bridgehead atoms. The first kappa shape index (κ1) is 51.9. The summed E-state index contributed by atoms with van der Waals surface area (Å²) in [4.78, 5) is 0. The Morgan fingerprint density at radius 3 is 1.03 bits per heavy atom. The fourth-order valence-corrected chi connectivity index (χ4v) is 11.8. The summed E-state index contributed by atoms with van der Waals surface area (Å²) in [6.45, 7) is 6.89. The third-order valence-electron chi connectivity index (χ3n) is 9.57. The van der Waals surface area contributed by atoms with E-state index in [-0.39, 0.29) is 80.2 Å². The van der Waals surface area contributed by atoms with Crippen LogP contribution in [0.1, 0.15) is 53.2 Å². The van der Waals surface area contributed by atoms with Gasteiger partial charge in [0.25, 0.3) is 0 Å². The Morgan fingerprint density at radius 1 is 0.417 bits per heavy atom. The molecule has 0 atom stereocenters. The molecule has 7 aromatic carbocycles. The van der Waals surface area contributed by atoms with E-state index in [1.54, 1.807) is 0 Å². The smallest absolute Gasteiger partial charge is 1.00 e. The second-order valence-electron chi connectivity index (χ2n) is 13.5. The third-order valence-corrected chi connectivity index (χ3v) is 14.5. The topological polar surface area (TPSA) is 36.9 Å². The molecular formula is C51H54Cl2O4P2Ru. The molecule has 0 N–H and O–H groups in total. The maximum atomic E-state index is 6.35. The third kappa shape index (κ3) is 11.2. The zero-order chi connectivity index (χ0) is 36.9. The average Bonchev–Trinajstić information content (AvgIpc) is 3.91. The van der Waals surface area contributed by atoms with Crippen LogP contribution in [0.15, 0.2) is 170 Å². The molecule has 0 saturated heterocycles. The van der Waals surface area contributed by atoms with E-state index in [0.717, 1.165) is 34.1 Å². The molecule has 2 aliphatic rings. The van der Waals surface area contributed by atoms with E-state index in [0.29, 0.717) is 5.92 Å². The molecule has 2 heterocycles. The first-order valence-corrected chi connectivity index (χ1v) is 21.0. The summed E-state index contributed by atoms with van der Waals surface area (Å²) in [7, 11) is -1.94. The van der Waals surface area contributed by atoms with Gasteiger partial charge in [0.2, 0.25) is 13.6 Å². The minimum absolute atomic E-state index is 0. The molecule has 314 valence electrons. The van der Waals surface area contributed by atoms with Gasteiger partial charge in [-0.25, -0.2) is 0 Å². The molecule has 0 fully saturated rings. The maximum absolute atomic E-state index is 6.35. The molecule has 60 heavy (non-hydrogen) atoms. The Kier molecular flexibility index (Phi) is 21.0. The number of aryl methyl sites for hydroxylation is 1. The molecule has 0 unspecified atom stereocenters. The zero-order valence-electron chi connectivity index (χ0n) is 31.8. The van der Waals surface area contributed by atoms with Crippen LogP contribution in [0.4, 0.5) is 0 Å². The summed E-state index contributed by atoms with van der Waals surface area (Å²) in [5.74, 6) is 3.64. The second-order valence-corrected chi connectivity index (χ2v) is 17.8. The average molecular weight is 965 g/mol. The number of ether oxygens (including phenoxy) is 4. The van der Waals surface area contributed by atoms with Crippen molar-refractivity contribution < 1.29 is 63.2 Å². The van der Waals surface area contributed by atoms with Gasteiger partial charge >= 0.3 is 19.5 Å². The molecule has 0 radical (unpaired) electrons. The molecule has 9 rings (SSSR count). The monoisotopic (exact) mass is 964 g/mol. The van der Waals surface area contributed by atoms with E-state index in [1.807, 2.05) is 0 Å². The van der Waals surface area contributed by atoms with E-state index in [2.05, 4.69) is 191 Å². The van der Waals surface area contributed by atoms with Crippen molar-refractivity contribution in [1.82, 2.24) is 0 Å². The quantitative estimate of drug-likeness (QED) is 0.152. The second kappa shape index (κ2) is 24.3. The van der Waals surface area contributed by atoms with Gasteiger partial charge in [0.15, 0.2) is 23.0 Å². The summed E-state index contributed by atoms with van der Waals surface area (Å²) in [5.41, 5.74) is 4.78. The van der Waals surface area contributed by atoms with Crippen LogP contribution in [-0.4, -0.2) is 13.6 Å². The molecule has 0 saturated carbocycles. The molecule has 2 aliphatic heterocycles. The van der Waals surface area contributed by atoms with Crippen LogP contribution in [0, 0.1) is 6.92 Å². The van der Waals surface area contributed by atoms with Gasteiger partial charge in [0, 0.05) is 11.1 Å². The van der Waals surface area contributed by atoms with Crippen molar-refractivity contribution in [2.45, 2.75) is 49.0 Å². The Balaban J connectivity index is 0.000000689. The normalized spacial score (nSPS) is 11.3. The number of hydrogen-bond donors (Lipinski definition) is 0. The van der Waals surface area contributed by atoms with Gasteiger partial charge in [-0.05, 0) is 90.3 Å². The minimum atomic E-state index is -0.968. The van der Waals surface area contributed by atoms with Crippen LogP contribution in [0.5, 0.6) is 23.0 Å². The van der Waals surface area contributed by atoms with Crippen molar-refractivity contribution in [3.8, 4) is 34.1 Å². The van der Waals surface area contributed by atoms with E-state index in [4.69, 9.17) is 18.9 Å². The van der Waals surface area contributed by atoms with Crippen molar-refractivity contribution in [3.63, 3.8) is 0 Å². The Labute approximate surface area is 386 Å². The summed E-state index contributed by atoms with van der Waals surface area (Å²) < 4.78 is 24.7. The van der Waals surface area contributed by atoms with Gasteiger partial charge in [-0.2, -0.15) is 0 Å². The van der Waals surface area contributed by atoms with E-state index in [1.165, 1.54) is 43.0 Å². The van der Waals surface area contributed by atoms with E-state index in [9.17, 15) is 0 Å². The minimum Gasteiger partial charge on any atom is -1.00 e. The summed E-state index contributed by atoms with van der Waals surface area (Å²) in [5, 5.41) is 7.40. The molecule has 4 nitrogen and oxygen atoms in total.